The molecule has 1 aromatic carbocycles. The highest BCUT2D eigenvalue weighted by Gasteiger charge is 2.09. The third-order valence-corrected chi connectivity index (χ3v) is 1.37. The van der Waals surface area contributed by atoms with Crippen LogP contribution in [0, 0.1) is 0 Å². The quantitative estimate of drug-likeness (QED) is 0.713. The molecular formula is C9H9FO3. The number of halogens is 1. The topological polar surface area (TPSA) is 46.5 Å². The summed E-state index contributed by atoms with van der Waals surface area (Å²) >= 11 is 0. The third-order valence-electron chi connectivity index (χ3n) is 1.37. The van der Waals surface area contributed by atoms with Gasteiger partial charge in [0, 0.05) is 6.92 Å². The minimum atomic E-state index is -1.62. The van der Waals surface area contributed by atoms with E-state index in [2.05, 4.69) is 4.74 Å². The SMILES string of the molecule is CC(F)OC(=O)c1ccc(O)cc1. The first-order chi connectivity index (χ1) is 6.09. The fourth-order valence-corrected chi connectivity index (χ4v) is 0.813. The Morgan fingerprint density at radius 3 is 2.46 bits per heavy atom. The Balaban J connectivity index is 2.72. The van der Waals surface area contributed by atoms with Crippen LogP contribution in [0.15, 0.2) is 24.3 Å². The van der Waals surface area contributed by atoms with Crippen LogP contribution in [0.25, 0.3) is 0 Å². The van der Waals surface area contributed by atoms with Crippen LogP contribution in [0.3, 0.4) is 0 Å². The lowest BCUT2D eigenvalue weighted by Crippen LogP contribution is -2.10. The van der Waals surface area contributed by atoms with Gasteiger partial charge in [-0.15, -0.1) is 0 Å². The second-order valence-electron chi connectivity index (χ2n) is 2.50. The summed E-state index contributed by atoms with van der Waals surface area (Å²) in [5.74, 6) is -0.695. The number of ether oxygens (including phenoxy) is 1. The molecule has 1 unspecified atom stereocenters. The fourth-order valence-electron chi connectivity index (χ4n) is 0.813. The molecule has 0 aliphatic carbocycles. The second-order valence-corrected chi connectivity index (χ2v) is 2.50. The van der Waals surface area contributed by atoms with Crippen LogP contribution < -0.4 is 0 Å². The Morgan fingerprint density at radius 1 is 1.46 bits per heavy atom. The Labute approximate surface area is 74.8 Å². The molecule has 0 aliphatic rings. The largest absolute Gasteiger partial charge is 0.508 e. The highest BCUT2D eigenvalue weighted by Crippen LogP contribution is 2.11. The molecule has 0 amide bonds. The van der Waals surface area contributed by atoms with E-state index in [1.54, 1.807) is 0 Å². The van der Waals surface area contributed by atoms with Crippen molar-refractivity contribution < 1.29 is 19.0 Å². The first kappa shape index (κ1) is 9.51. The number of phenolic OH excluding ortho intramolecular Hbond substituents is 1. The standard InChI is InChI=1S/C9H9FO3/c1-6(10)13-9(12)7-2-4-8(11)5-3-7/h2-6,11H,1H3. The number of esters is 1. The average Bonchev–Trinajstić information content (AvgIpc) is 2.04. The molecule has 4 heteroatoms. The Kier molecular flexibility index (Phi) is 2.84. The van der Waals surface area contributed by atoms with E-state index in [0.29, 0.717) is 0 Å². The van der Waals surface area contributed by atoms with E-state index >= 15 is 0 Å². The second kappa shape index (κ2) is 3.89. The predicted octanol–water partition coefficient (Wildman–Crippen LogP) is 1.86. The average molecular weight is 184 g/mol. The lowest BCUT2D eigenvalue weighted by atomic mass is 10.2. The molecule has 1 N–H and O–H groups in total. The number of hydrogen-bond acceptors (Lipinski definition) is 3. The van der Waals surface area contributed by atoms with Crippen molar-refractivity contribution in [3.8, 4) is 5.75 Å². The highest BCUT2D eigenvalue weighted by atomic mass is 19.1. The Morgan fingerprint density at radius 2 is 2.00 bits per heavy atom. The van der Waals surface area contributed by atoms with Crippen molar-refractivity contribution in [2.75, 3.05) is 0 Å². The molecule has 0 aromatic heterocycles. The van der Waals surface area contributed by atoms with Gasteiger partial charge in [-0.2, -0.15) is 0 Å². The normalized spacial score (nSPS) is 12.2. The van der Waals surface area contributed by atoms with E-state index in [9.17, 15) is 9.18 Å². The van der Waals surface area contributed by atoms with E-state index in [4.69, 9.17) is 5.11 Å². The van der Waals surface area contributed by atoms with Crippen molar-refractivity contribution >= 4 is 5.97 Å². The summed E-state index contributed by atoms with van der Waals surface area (Å²) in [6.45, 7) is 1.12. The number of carbonyl (C=O) groups is 1. The summed E-state index contributed by atoms with van der Waals surface area (Å²) in [6, 6.07) is 5.39. The minimum Gasteiger partial charge on any atom is -0.508 e. The van der Waals surface area contributed by atoms with E-state index in [0.717, 1.165) is 6.92 Å². The van der Waals surface area contributed by atoms with Crippen LogP contribution in [0.1, 0.15) is 17.3 Å². The van der Waals surface area contributed by atoms with Crippen LogP contribution in [-0.4, -0.2) is 17.4 Å². The van der Waals surface area contributed by atoms with Crippen molar-refractivity contribution in [1.29, 1.82) is 0 Å². The molecule has 1 aromatic rings. The number of rotatable bonds is 2. The van der Waals surface area contributed by atoms with Crippen LogP contribution in [0.4, 0.5) is 4.39 Å². The molecule has 70 valence electrons. The molecular weight excluding hydrogens is 175 g/mol. The van der Waals surface area contributed by atoms with Gasteiger partial charge in [0.15, 0.2) is 0 Å². The molecule has 0 spiro atoms. The van der Waals surface area contributed by atoms with Gasteiger partial charge >= 0.3 is 5.97 Å². The Bertz CT molecular complexity index is 292. The number of benzene rings is 1. The number of phenols is 1. The van der Waals surface area contributed by atoms with Gasteiger partial charge in [-0.3, -0.25) is 0 Å². The smallest absolute Gasteiger partial charge is 0.340 e. The number of aromatic hydroxyl groups is 1. The van der Waals surface area contributed by atoms with Crippen LogP contribution >= 0.6 is 0 Å². The zero-order chi connectivity index (χ0) is 9.84. The van der Waals surface area contributed by atoms with Gasteiger partial charge in [-0.05, 0) is 24.3 Å². The minimum absolute atomic E-state index is 0.0462. The molecule has 0 radical (unpaired) electrons. The molecule has 0 aliphatic heterocycles. The number of carbonyl (C=O) groups excluding carboxylic acids is 1. The van der Waals surface area contributed by atoms with Gasteiger partial charge in [0.1, 0.15) is 5.75 Å². The van der Waals surface area contributed by atoms with E-state index in [1.807, 2.05) is 0 Å². The molecule has 0 bridgehead atoms. The molecule has 13 heavy (non-hydrogen) atoms. The lowest BCUT2D eigenvalue weighted by molar-refractivity contribution is -0.00574. The first-order valence-electron chi connectivity index (χ1n) is 3.73. The van der Waals surface area contributed by atoms with Crippen LogP contribution in [0.2, 0.25) is 0 Å². The summed E-state index contributed by atoms with van der Waals surface area (Å²) in [4.78, 5) is 11.0. The molecule has 1 atom stereocenters. The third kappa shape index (κ3) is 2.74. The number of hydrogen-bond donors (Lipinski definition) is 1. The number of alkyl halides is 1. The van der Waals surface area contributed by atoms with Crippen molar-refractivity contribution in [3.05, 3.63) is 29.8 Å². The van der Waals surface area contributed by atoms with E-state index < -0.39 is 12.3 Å². The van der Waals surface area contributed by atoms with Gasteiger partial charge in [-0.25, -0.2) is 9.18 Å². The maximum absolute atomic E-state index is 12.2. The maximum atomic E-state index is 12.2. The first-order valence-corrected chi connectivity index (χ1v) is 3.73. The highest BCUT2D eigenvalue weighted by molar-refractivity contribution is 5.89. The fraction of sp³-hybridized carbons (Fsp3) is 0.222. The lowest BCUT2D eigenvalue weighted by Gasteiger charge is -2.04. The summed E-state index contributed by atoms with van der Waals surface area (Å²) in [7, 11) is 0. The van der Waals surface area contributed by atoms with Crippen molar-refractivity contribution in [2.45, 2.75) is 13.3 Å². The molecule has 0 saturated carbocycles. The molecule has 0 heterocycles. The van der Waals surface area contributed by atoms with Crippen LogP contribution in [0.5, 0.6) is 5.75 Å². The van der Waals surface area contributed by atoms with Gasteiger partial charge in [0.25, 0.3) is 0 Å². The summed E-state index contributed by atoms with van der Waals surface area (Å²) < 4.78 is 16.5. The zero-order valence-electron chi connectivity index (χ0n) is 7.03. The zero-order valence-corrected chi connectivity index (χ0v) is 7.03. The molecule has 3 nitrogen and oxygen atoms in total. The van der Waals surface area contributed by atoms with Gasteiger partial charge in [0.2, 0.25) is 6.36 Å². The van der Waals surface area contributed by atoms with Crippen molar-refractivity contribution in [1.82, 2.24) is 0 Å². The van der Waals surface area contributed by atoms with E-state index in [1.165, 1.54) is 24.3 Å². The maximum Gasteiger partial charge on any atom is 0.340 e. The summed E-state index contributed by atoms with van der Waals surface area (Å²) in [5, 5.41) is 8.89. The van der Waals surface area contributed by atoms with Gasteiger partial charge < -0.3 is 9.84 Å². The molecule has 1 rings (SSSR count). The molecule has 0 fully saturated rings. The van der Waals surface area contributed by atoms with Crippen molar-refractivity contribution in [2.24, 2.45) is 0 Å². The monoisotopic (exact) mass is 184 g/mol. The van der Waals surface area contributed by atoms with E-state index in [-0.39, 0.29) is 11.3 Å². The van der Waals surface area contributed by atoms with Gasteiger partial charge in [-0.1, -0.05) is 0 Å². The predicted molar refractivity (Wildman–Crippen MR) is 44.1 cm³/mol. The summed E-state index contributed by atoms with van der Waals surface area (Å²) in [5.41, 5.74) is 0.210. The van der Waals surface area contributed by atoms with Gasteiger partial charge in [0.05, 0.1) is 5.56 Å². The summed E-state index contributed by atoms with van der Waals surface area (Å²) in [6.07, 6.45) is -1.62. The van der Waals surface area contributed by atoms with Crippen LogP contribution in [-0.2, 0) is 4.74 Å². The van der Waals surface area contributed by atoms with Crippen molar-refractivity contribution in [3.63, 3.8) is 0 Å². The molecule has 0 saturated heterocycles. The Hall–Kier alpha value is -1.58.